The molecule has 34 heavy (non-hydrogen) atoms. The fourth-order valence-corrected chi connectivity index (χ4v) is 4.35. The molecule has 3 aromatic carbocycles. The molecule has 0 atom stereocenters. The fraction of sp³-hybridized carbons (Fsp3) is 0.276. The van der Waals surface area contributed by atoms with E-state index in [2.05, 4.69) is 5.32 Å². The highest BCUT2D eigenvalue weighted by atomic mass is 16.2. The molecule has 0 aliphatic carbocycles. The Morgan fingerprint density at radius 2 is 1.47 bits per heavy atom. The molecule has 0 saturated carbocycles. The summed E-state index contributed by atoms with van der Waals surface area (Å²) in [7, 11) is 0. The second kappa shape index (κ2) is 10.5. The summed E-state index contributed by atoms with van der Waals surface area (Å²) in [5.41, 5.74) is 4.64. The molecule has 1 heterocycles. The molecule has 4 rings (SSSR count). The number of hydrogen-bond donors (Lipinski definition) is 1. The zero-order valence-electron chi connectivity index (χ0n) is 19.7. The molecule has 5 nitrogen and oxygen atoms in total. The summed E-state index contributed by atoms with van der Waals surface area (Å²) < 4.78 is 0. The van der Waals surface area contributed by atoms with Crippen molar-refractivity contribution in [3.05, 3.63) is 106 Å². The summed E-state index contributed by atoms with van der Waals surface area (Å²) >= 11 is 0. The summed E-state index contributed by atoms with van der Waals surface area (Å²) in [5, 5.41) is 3.01. The lowest BCUT2D eigenvalue weighted by molar-refractivity contribution is -0.126. The van der Waals surface area contributed by atoms with Gasteiger partial charge in [0.15, 0.2) is 5.78 Å². The summed E-state index contributed by atoms with van der Waals surface area (Å²) in [5.74, 6) is -0.389. The number of carbonyl (C=O) groups is 3. The number of aryl methyl sites for hydroxylation is 2. The second-order valence-corrected chi connectivity index (χ2v) is 8.94. The van der Waals surface area contributed by atoms with Gasteiger partial charge < -0.3 is 10.2 Å². The van der Waals surface area contributed by atoms with E-state index in [1.165, 1.54) is 0 Å². The first-order chi connectivity index (χ1) is 16.4. The molecule has 0 radical (unpaired) electrons. The molecular weight excluding hydrogens is 424 g/mol. The van der Waals surface area contributed by atoms with Crippen molar-refractivity contribution in [2.24, 2.45) is 5.92 Å². The molecule has 3 aromatic rings. The van der Waals surface area contributed by atoms with Crippen molar-refractivity contribution in [1.82, 2.24) is 10.2 Å². The number of benzene rings is 3. The Morgan fingerprint density at radius 3 is 2.15 bits per heavy atom. The van der Waals surface area contributed by atoms with Gasteiger partial charge in [-0.05, 0) is 55.5 Å². The van der Waals surface area contributed by atoms with Gasteiger partial charge in [0.1, 0.15) is 0 Å². The number of piperidine rings is 1. The maximum Gasteiger partial charge on any atom is 0.254 e. The van der Waals surface area contributed by atoms with Crippen LogP contribution in [-0.4, -0.2) is 35.6 Å². The van der Waals surface area contributed by atoms with Crippen LogP contribution in [0.25, 0.3) is 0 Å². The third-order valence-corrected chi connectivity index (χ3v) is 6.63. The lowest BCUT2D eigenvalue weighted by Crippen LogP contribution is -2.43. The number of rotatable bonds is 6. The highest BCUT2D eigenvalue weighted by Gasteiger charge is 2.29. The van der Waals surface area contributed by atoms with E-state index in [0.717, 1.165) is 16.7 Å². The Labute approximate surface area is 200 Å². The number of likely N-dealkylation sites (tertiary alicyclic amines) is 1. The highest BCUT2D eigenvalue weighted by molar-refractivity contribution is 6.15. The van der Waals surface area contributed by atoms with Crippen LogP contribution in [0.3, 0.4) is 0 Å². The van der Waals surface area contributed by atoms with E-state index in [1.807, 2.05) is 62.4 Å². The maximum atomic E-state index is 13.3. The Bertz CT molecular complexity index is 1200. The number of carbonyl (C=O) groups excluding carboxylic acids is 3. The van der Waals surface area contributed by atoms with Crippen LogP contribution in [0.15, 0.2) is 72.8 Å². The molecule has 1 aliphatic rings. The standard InChI is InChI=1S/C29H30N2O3/c1-20-12-13-24(18-21(20)2)27(32)25-10-6-7-11-26(25)29(34)31-16-14-23(15-17-31)28(33)30-19-22-8-4-3-5-9-22/h3-13,18,23H,14-17,19H2,1-2H3,(H,30,33). The van der Waals surface area contributed by atoms with E-state index in [1.54, 1.807) is 29.2 Å². The van der Waals surface area contributed by atoms with E-state index < -0.39 is 0 Å². The average molecular weight is 455 g/mol. The first kappa shape index (κ1) is 23.4. The van der Waals surface area contributed by atoms with Gasteiger partial charge in [0, 0.05) is 36.7 Å². The van der Waals surface area contributed by atoms with Crippen molar-refractivity contribution < 1.29 is 14.4 Å². The predicted octanol–water partition coefficient (Wildman–Crippen LogP) is 4.70. The quantitative estimate of drug-likeness (QED) is 0.549. The zero-order valence-corrected chi connectivity index (χ0v) is 19.7. The number of nitrogens with zero attached hydrogens (tertiary/aromatic N) is 1. The minimum absolute atomic E-state index is 0.0290. The maximum absolute atomic E-state index is 13.3. The van der Waals surface area contributed by atoms with Crippen LogP contribution in [0.2, 0.25) is 0 Å². The lowest BCUT2D eigenvalue weighted by atomic mass is 9.93. The molecule has 0 aromatic heterocycles. The normalized spacial score (nSPS) is 14.0. The van der Waals surface area contributed by atoms with Crippen LogP contribution in [0.5, 0.6) is 0 Å². The molecule has 0 bridgehead atoms. The Balaban J connectivity index is 1.40. The third kappa shape index (κ3) is 5.25. The van der Waals surface area contributed by atoms with Crippen molar-refractivity contribution in [2.75, 3.05) is 13.1 Å². The van der Waals surface area contributed by atoms with Gasteiger partial charge in [0.2, 0.25) is 5.91 Å². The SMILES string of the molecule is Cc1ccc(C(=O)c2ccccc2C(=O)N2CCC(C(=O)NCc3ccccc3)CC2)cc1C. The first-order valence-corrected chi connectivity index (χ1v) is 11.8. The average Bonchev–Trinajstić information content (AvgIpc) is 2.88. The number of amides is 2. The van der Waals surface area contributed by atoms with Crippen LogP contribution < -0.4 is 5.32 Å². The van der Waals surface area contributed by atoms with Crippen molar-refractivity contribution in [2.45, 2.75) is 33.2 Å². The van der Waals surface area contributed by atoms with E-state index in [0.29, 0.717) is 49.2 Å². The lowest BCUT2D eigenvalue weighted by Gasteiger charge is -2.31. The van der Waals surface area contributed by atoms with E-state index in [4.69, 9.17) is 0 Å². The Morgan fingerprint density at radius 1 is 0.824 bits per heavy atom. The van der Waals surface area contributed by atoms with Gasteiger partial charge in [-0.25, -0.2) is 0 Å². The van der Waals surface area contributed by atoms with Crippen molar-refractivity contribution in [3.8, 4) is 0 Å². The summed E-state index contributed by atoms with van der Waals surface area (Å²) in [6, 6.07) is 22.4. The van der Waals surface area contributed by atoms with Gasteiger partial charge >= 0.3 is 0 Å². The first-order valence-electron chi connectivity index (χ1n) is 11.8. The Kier molecular flexibility index (Phi) is 7.21. The van der Waals surface area contributed by atoms with Crippen LogP contribution >= 0.6 is 0 Å². The molecule has 0 unspecified atom stereocenters. The van der Waals surface area contributed by atoms with Crippen LogP contribution in [-0.2, 0) is 11.3 Å². The van der Waals surface area contributed by atoms with E-state index in [-0.39, 0.29) is 23.5 Å². The van der Waals surface area contributed by atoms with Gasteiger partial charge in [-0.3, -0.25) is 14.4 Å². The van der Waals surface area contributed by atoms with Gasteiger partial charge in [-0.1, -0.05) is 60.7 Å². The molecule has 1 saturated heterocycles. The number of ketones is 1. The molecule has 1 fully saturated rings. The largest absolute Gasteiger partial charge is 0.352 e. The van der Waals surface area contributed by atoms with Crippen molar-refractivity contribution in [1.29, 1.82) is 0 Å². The molecule has 5 heteroatoms. The van der Waals surface area contributed by atoms with Gasteiger partial charge in [-0.15, -0.1) is 0 Å². The van der Waals surface area contributed by atoms with Gasteiger partial charge in [0.05, 0.1) is 5.56 Å². The topological polar surface area (TPSA) is 66.5 Å². The zero-order chi connectivity index (χ0) is 24.1. The van der Waals surface area contributed by atoms with Crippen molar-refractivity contribution in [3.63, 3.8) is 0 Å². The molecule has 0 spiro atoms. The minimum atomic E-state index is -0.157. The highest BCUT2D eigenvalue weighted by Crippen LogP contribution is 2.23. The number of nitrogens with one attached hydrogen (secondary N) is 1. The molecule has 1 aliphatic heterocycles. The Hall–Kier alpha value is -3.73. The molecular formula is C29H30N2O3. The monoisotopic (exact) mass is 454 g/mol. The molecule has 2 amide bonds. The van der Waals surface area contributed by atoms with Crippen LogP contribution in [0.1, 0.15) is 55.8 Å². The fourth-order valence-electron chi connectivity index (χ4n) is 4.35. The minimum Gasteiger partial charge on any atom is -0.352 e. The predicted molar refractivity (Wildman–Crippen MR) is 133 cm³/mol. The summed E-state index contributed by atoms with van der Waals surface area (Å²) in [6.07, 6.45) is 1.22. The summed E-state index contributed by atoms with van der Waals surface area (Å²) in [4.78, 5) is 40.9. The summed E-state index contributed by atoms with van der Waals surface area (Å²) in [6.45, 7) is 5.48. The van der Waals surface area contributed by atoms with Gasteiger partial charge in [0.25, 0.3) is 5.91 Å². The number of hydrogen-bond acceptors (Lipinski definition) is 3. The van der Waals surface area contributed by atoms with E-state index in [9.17, 15) is 14.4 Å². The van der Waals surface area contributed by atoms with Crippen molar-refractivity contribution >= 4 is 17.6 Å². The van der Waals surface area contributed by atoms with Crippen LogP contribution in [0.4, 0.5) is 0 Å². The second-order valence-electron chi connectivity index (χ2n) is 8.94. The van der Waals surface area contributed by atoms with Gasteiger partial charge in [-0.2, -0.15) is 0 Å². The smallest absolute Gasteiger partial charge is 0.254 e. The third-order valence-electron chi connectivity index (χ3n) is 6.63. The molecule has 174 valence electrons. The van der Waals surface area contributed by atoms with Crippen LogP contribution in [0, 0.1) is 19.8 Å². The van der Waals surface area contributed by atoms with E-state index >= 15 is 0 Å². The molecule has 1 N–H and O–H groups in total.